The van der Waals surface area contributed by atoms with E-state index in [4.69, 9.17) is 4.74 Å². The number of nitrogens with zero attached hydrogens (tertiary/aromatic N) is 4. The second kappa shape index (κ2) is 9.99. The second-order valence-corrected chi connectivity index (χ2v) is 10.4. The Morgan fingerprint density at radius 2 is 1.64 bits per heavy atom. The van der Waals surface area contributed by atoms with Crippen LogP contribution in [-0.4, -0.2) is 65.2 Å². The number of fused-ring (bicyclic) bond motifs is 1. The zero-order valence-electron chi connectivity index (χ0n) is 21.1. The van der Waals surface area contributed by atoms with E-state index in [2.05, 4.69) is 10.2 Å². The first-order valence-corrected chi connectivity index (χ1v) is 13.0. The highest BCUT2D eigenvalue weighted by Crippen LogP contribution is 2.33. The van der Waals surface area contributed by atoms with Crippen molar-refractivity contribution in [3.8, 4) is 0 Å². The van der Waals surface area contributed by atoms with Crippen LogP contribution >= 0.6 is 0 Å². The predicted octanol–water partition coefficient (Wildman–Crippen LogP) is 2.40. The zero-order chi connectivity index (χ0) is 25.4. The van der Waals surface area contributed by atoms with E-state index in [9.17, 15) is 19.2 Å². The third kappa shape index (κ3) is 4.60. The van der Waals surface area contributed by atoms with E-state index < -0.39 is 11.9 Å². The summed E-state index contributed by atoms with van der Waals surface area (Å²) in [4.78, 5) is 52.9. The fourth-order valence-electron chi connectivity index (χ4n) is 6.16. The van der Waals surface area contributed by atoms with Crippen LogP contribution in [0.3, 0.4) is 0 Å². The molecule has 0 bridgehead atoms. The van der Waals surface area contributed by atoms with Crippen LogP contribution in [0.4, 0.5) is 10.5 Å². The summed E-state index contributed by atoms with van der Waals surface area (Å²) in [5.74, 6) is 0.655. The van der Waals surface area contributed by atoms with Crippen LogP contribution in [0.1, 0.15) is 51.0 Å². The van der Waals surface area contributed by atoms with Gasteiger partial charge in [0.2, 0.25) is 11.8 Å². The average Bonchev–Trinajstić information content (AvgIpc) is 3.14. The molecule has 0 aliphatic carbocycles. The van der Waals surface area contributed by atoms with E-state index in [1.807, 2.05) is 18.2 Å². The van der Waals surface area contributed by atoms with Crippen molar-refractivity contribution in [1.29, 1.82) is 0 Å². The molecule has 2 aromatic rings. The monoisotopic (exact) mass is 497 g/mol. The van der Waals surface area contributed by atoms with Gasteiger partial charge in [0.05, 0.1) is 18.1 Å². The maximum absolute atomic E-state index is 13.0. The molecule has 0 saturated carbocycles. The third-order valence-corrected chi connectivity index (χ3v) is 8.29. The standard InChI is InChI=1S/C26H35N5O5/c1-28-22-16-19(3-4-20(22)31(25(28)34)21-5-6-23(32)27-24(21)33)29-11-7-17(8-12-29)15-18-9-13-30(14-10-18)26(35)36-2/h3-4,16-18,21H,5-15H2,1-2H3,(H,27,32,33). The number of aromatic nitrogens is 2. The van der Waals surface area contributed by atoms with Gasteiger partial charge in [0.15, 0.2) is 0 Å². The molecule has 1 atom stereocenters. The first-order chi connectivity index (χ1) is 17.4. The summed E-state index contributed by atoms with van der Waals surface area (Å²) in [6, 6.07) is 5.34. The Morgan fingerprint density at radius 1 is 0.972 bits per heavy atom. The quantitative estimate of drug-likeness (QED) is 0.651. The molecule has 4 heterocycles. The Morgan fingerprint density at radius 3 is 2.28 bits per heavy atom. The van der Waals surface area contributed by atoms with E-state index in [1.165, 1.54) is 18.1 Å². The highest BCUT2D eigenvalue weighted by Gasteiger charge is 2.32. The molecule has 5 rings (SSSR count). The number of methoxy groups -OCH3 is 1. The first-order valence-electron chi connectivity index (χ1n) is 13.0. The summed E-state index contributed by atoms with van der Waals surface area (Å²) in [5.41, 5.74) is 2.35. The predicted molar refractivity (Wildman–Crippen MR) is 135 cm³/mol. The average molecular weight is 498 g/mol. The molecular formula is C26H35N5O5. The summed E-state index contributed by atoms with van der Waals surface area (Å²) in [7, 11) is 3.17. The fourth-order valence-corrected chi connectivity index (χ4v) is 6.16. The van der Waals surface area contributed by atoms with Crippen LogP contribution in [0.5, 0.6) is 0 Å². The van der Waals surface area contributed by atoms with Crippen molar-refractivity contribution in [2.24, 2.45) is 18.9 Å². The molecule has 1 unspecified atom stereocenters. The Hall–Kier alpha value is -3.30. The van der Waals surface area contributed by atoms with Crippen molar-refractivity contribution in [1.82, 2.24) is 19.4 Å². The summed E-state index contributed by atoms with van der Waals surface area (Å²) < 4.78 is 7.96. The van der Waals surface area contributed by atoms with Crippen molar-refractivity contribution in [2.75, 3.05) is 38.2 Å². The lowest BCUT2D eigenvalue weighted by Crippen LogP contribution is -2.44. The number of nitrogens with one attached hydrogen (secondary N) is 1. The molecule has 3 saturated heterocycles. The van der Waals surface area contributed by atoms with E-state index >= 15 is 0 Å². The maximum Gasteiger partial charge on any atom is 0.409 e. The number of ether oxygens (including phenoxy) is 1. The summed E-state index contributed by atoms with van der Waals surface area (Å²) in [6.07, 6.45) is 5.91. The smallest absolute Gasteiger partial charge is 0.409 e. The summed E-state index contributed by atoms with van der Waals surface area (Å²) in [6.45, 7) is 3.51. The van der Waals surface area contributed by atoms with E-state index in [0.29, 0.717) is 23.8 Å². The lowest BCUT2D eigenvalue weighted by Gasteiger charge is -2.37. The van der Waals surface area contributed by atoms with Crippen LogP contribution in [-0.2, 0) is 21.4 Å². The molecule has 10 nitrogen and oxygen atoms in total. The number of rotatable bonds is 4. The van der Waals surface area contributed by atoms with Gasteiger partial charge >= 0.3 is 11.8 Å². The Balaban J connectivity index is 1.23. The molecule has 194 valence electrons. The van der Waals surface area contributed by atoms with Crippen LogP contribution in [0.25, 0.3) is 11.0 Å². The van der Waals surface area contributed by atoms with Gasteiger partial charge in [0.1, 0.15) is 6.04 Å². The van der Waals surface area contributed by atoms with Crippen LogP contribution < -0.4 is 15.9 Å². The number of carbonyl (C=O) groups is 3. The van der Waals surface area contributed by atoms with Gasteiger partial charge in [-0.15, -0.1) is 0 Å². The topological polar surface area (TPSA) is 106 Å². The minimum absolute atomic E-state index is 0.219. The van der Waals surface area contributed by atoms with Crippen LogP contribution in [0, 0.1) is 11.8 Å². The Labute approximate surface area is 210 Å². The van der Waals surface area contributed by atoms with E-state index in [-0.39, 0.29) is 24.1 Å². The highest BCUT2D eigenvalue weighted by molar-refractivity contribution is 6.00. The Kier molecular flexibility index (Phi) is 6.77. The number of hydrogen-bond donors (Lipinski definition) is 1. The number of imidazole rings is 1. The van der Waals surface area contributed by atoms with Crippen molar-refractivity contribution in [2.45, 2.75) is 51.0 Å². The number of imide groups is 1. The van der Waals surface area contributed by atoms with Gasteiger partial charge in [-0.25, -0.2) is 9.59 Å². The molecule has 1 N–H and O–H groups in total. The molecule has 1 aromatic heterocycles. The summed E-state index contributed by atoms with van der Waals surface area (Å²) >= 11 is 0. The largest absolute Gasteiger partial charge is 0.453 e. The SMILES string of the molecule is COC(=O)N1CCC(CC2CCN(c3ccc4c(c3)n(C)c(=O)n4C3CCC(=O)NC3=O)CC2)CC1. The number of amides is 3. The fraction of sp³-hybridized carbons (Fsp3) is 0.615. The minimum atomic E-state index is -0.667. The Bertz CT molecular complexity index is 1220. The minimum Gasteiger partial charge on any atom is -0.453 e. The normalized spacial score (nSPS) is 22.2. The number of aryl methyl sites for hydroxylation is 1. The van der Waals surface area contributed by atoms with Gasteiger partial charge in [-0.05, 0) is 68.6 Å². The lowest BCUT2D eigenvalue weighted by molar-refractivity contribution is -0.135. The van der Waals surface area contributed by atoms with Gasteiger partial charge in [-0.2, -0.15) is 0 Å². The molecule has 3 fully saturated rings. The second-order valence-electron chi connectivity index (χ2n) is 10.4. The molecule has 3 amide bonds. The highest BCUT2D eigenvalue weighted by atomic mass is 16.5. The van der Waals surface area contributed by atoms with Crippen LogP contribution in [0.15, 0.2) is 23.0 Å². The molecule has 0 spiro atoms. The molecule has 3 aliphatic heterocycles. The molecular weight excluding hydrogens is 462 g/mol. The first kappa shape index (κ1) is 24.4. The number of likely N-dealkylation sites (tertiary alicyclic amines) is 1. The summed E-state index contributed by atoms with van der Waals surface area (Å²) in [5, 5.41) is 2.36. The molecule has 1 aromatic carbocycles. The van der Waals surface area contributed by atoms with Gasteiger partial charge in [0.25, 0.3) is 0 Å². The number of hydrogen-bond acceptors (Lipinski definition) is 6. The van der Waals surface area contributed by atoms with Crippen molar-refractivity contribution < 1.29 is 19.1 Å². The van der Waals surface area contributed by atoms with Crippen LogP contribution in [0.2, 0.25) is 0 Å². The van der Waals surface area contributed by atoms with Gasteiger partial charge < -0.3 is 14.5 Å². The maximum atomic E-state index is 13.0. The molecule has 10 heteroatoms. The third-order valence-electron chi connectivity index (χ3n) is 8.29. The number of anilines is 1. The zero-order valence-corrected chi connectivity index (χ0v) is 21.1. The number of benzene rings is 1. The molecule has 0 radical (unpaired) electrons. The molecule has 3 aliphatic rings. The van der Waals surface area contributed by atoms with E-state index in [1.54, 1.807) is 16.5 Å². The van der Waals surface area contributed by atoms with Gasteiger partial charge in [-0.3, -0.25) is 24.0 Å². The lowest BCUT2D eigenvalue weighted by atomic mass is 9.83. The van der Waals surface area contributed by atoms with Crippen molar-refractivity contribution >= 4 is 34.6 Å². The molecule has 36 heavy (non-hydrogen) atoms. The number of carbonyl (C=O) groups excluding carboxylic acids is 3. The van der Waals surface area contributed by atoms with Crippen molar-refractivity contribution in [3.05, 3.63) is 28.7 Å². The van der Waals surface area contributed by atoms with E-state index in [0.717, 1.165) is 63.1 Å². The van der Waals surface area contributed by atoms with Gasteiger partial charge in [0, 0.05) is 45.3 Å². The van der Waals surface area contributed by atoms with Crippen molar-refractivity contribution in [3.63, 3.8) is 0 Å². The number of piperidine rings is 3. The van der Waals surface area contributed by atoms with Gasteiger partial charge in [-0.1, -0.05) is 0 Å².